The minimum atomic E-state index is -0.127. The lowest BCUT2D eigenvalue weighted by Crippen LogP contribution is -2.21. The molecule has 0 spiro atoms. The summed E-state index contributed by atoms with van der Waals surface area (Å²) in [7, 11) is 1.64. The minimum absolute atomic E-state index is 0.0124. The van der Waals surface area contributed by atoms with Gasteiger partial charge in [0.05, 0.1) is 13.7 Å². The number of benzene rings is 1. The molecule has 1 heterocycles. The molecule has 1 aromatic heterocycles. The van der Waals surface area contributed by atoms with Crippen molar-refractivity contribution < 1.29 is 9.84 Å². The van der Waals surface area contributed by atoms with Gasteiger partial charge >= 0.3 is 0 Å². The molecule has 0 unspecified atom stereocenters. The maximum absolute atomic E-state index is 9.40. The fraction of sp³-hybridized carbons (Fsp3) is 0.250. The van der Waals surface area contributed by atoms with E-state index in [0.717, 1.165) is 29.0 Å². The number of aliphatic hydroxyl groups is 1. The van der Waals surface area contributed by atoms with Crippen molar-refractivity contribution in [1.29, 1.82) is 0 Å². The topological polar surface area (TPSA) is 79.3 Å². The van der Waals surface area contributed by atoms with Gasteiger partial charge in [-0.1, -0.05) is 24.3 Å². The van der Waals surface area contributed by atoms with Crippen LogP contribution in [0.25, 0.3) is 11.1 Å². The standard InChI is InChI=1S/C20H23N4O2/c1-14(13-25)22-19-18(15-8-10-17(26-2)11-9-15)12-21-20(24-19)23-16-6-4-3-5-7-16/h3-4,6-12,14,25H,5,13H2,1-2H3,(H2,21,22,23,24)/t14-/m1/s1. The first-order chi connectivity index (χ1) is 12.7. The molecule has 1 atom stereocenters. The van der Waals surface area contributed by atoms with Gasteiger partial charge in [-0.2, -0.15) is 4.98 Å². The molecule has 1 aliphatic carbocycles. The Morgan fingerprint density at radius 3 is 2.73 bits per heavy atom. The van der Waals surface area contributed by atoms with Gasteiger partial charge in [-0.05, 0) is 43.5 Å². The Morgan fingerprint density at radius 1 is 1.27 bits per heavy atom. The van der Waals surface area contributed by atoms with Crippen LogP contribution in [0.5, 0.6) is 5.75 Å². The fourth-order valence-corrected chi connectivity index (χ4v) is 2.55. The van der Waals surface area contributed by atoms with Crippen LogP contribution in [0.3, 0.4) is 0 Å². The number of allylic oxidation sites excluding steroid dienone is 3. The first-order valence-electron chi connectivity index (χ1n) is 8.55. The number of methoxy groups -OCH3 is 1. The van der Waals surface area contributed by atoms with Gasteiger partial charge in [0.1, 0.15) is 11.6 Å². The second kappa shape index (κ2) is 8.49. The van der Waals surface area contributed by atoms with Crippen LogP contribution in [-0.4, -0.2) is 34.8 Å². The Bertz CT molecular complexity index is 800. The van der Waals surface area contributed by atoms with Crippen LogP contribution in [0.4, 0.5) is 11.8 Å². The van der Waals surface area contributed by atoms with Gasteiger partial charge in [0, 0.05) is 23.5 Å². The van der Waals surface area contributed by atoms with Gasteiger partial charge in [0.2, 0.25) is 5.95 Å². The van der Waals surface area contributed by atoms with Crippen molar-refractivity contribution in [2.24, 2.45) is 0 Å². The van der Waals surface area contributed by atoms with E-state index in [4.69, 9.17) is 4.74 Å². The zero-order valence-corrected chi connectivity index (χ0v) is 14.9. The molecule has 0 bridgehead atoms. The summed E-state index contributed by atoms with van der Waals surface area (Å²) in [6.07, 6.45) is 10.8. The van der Waals surface area contributed by atoms with Gasteiger partial charge in [0.25, 0.3) is 0 Å². The summed E-state index contributed by atoms with van der Waals surface area (Å²) in [5, 5.41) is 15.9. The molecular weight excluding hydrogens is 328 g/mol. The van der Waals surface area contributed by atoms with E-state index in [9.17, 15) is 5.11 Å². The van der Waals surface area contributed by atoms with Crippen LogP contribution in [0.15, 0.2) is 54.4 Å². The van der Waals surface area contributed by atoms with Crippen LogP contribution in [0.1, 0.15) is 13.3 Å². The van der Waals surface area contributed by atoms with E-state index in [1.54, 1.807) is 13.3 Å². The van der Waals surface area contributed by atoms with Gasteiger partial charge in [-0.3, -0.25) is 0 Å². The maximum atomic E-state index is 9.40. The van der Waals surface area contributed by atoms with E-state index in [1.807, 2.05) is 43.3 Å². The first kappa shape index (κ1) is 17.9. The number of ether oxygens (including phenoxy) is 1. The minimum Gasteiger partial charge on any atom is -0.497 e. The lowest BCUT2D eigenvalue weighted by atomic mass is 10.1. The summed E-state index contributed by atoms with van der Waals surface area (Å²) in [4.78, 5) is 9.06. The molecule has 0 fully saturated rings. The number of nitrogens with zero attached hydrogens (tertiary/aromatic N) is 2. The van der Waals surface area contributed by atoms with E-state index in [-0.39, 0.29) is 12.6 Å². The number of hydrogen-bond donors (Lipinski definition) is 3. The van der Waals surface area contributed by atoms with Gasteiger partial charge in [-0.25, -0.2) is 4.98 Å². The Morgan fingerprint density at radius 2 is 2.08 bits per heavy atom. The molecule has 0 saturated heterocycles. The first-order valence-corrected chi connectivity index (χ1v) is 8.55. The highest BCUT2D eigenvalue weighted by atomic mass is 16.5. The van der Waals surface area contributed by atoms with Crippen molar-refractivity contribution in [3.05, 3.63) is 60.8 Å². The highest BCUT2D eigenvalue weighted by Crippen LogP contribution is 2.29. The van der Waals surface area contributed by atoms with Crippen LogP contribution in [0, 0.1) is 6.42 Å². The van der Waals surface area contributed by atoms with E-state index >= 15 is 0 Å². The lowest BCUT2D eigenvalue weighted by Gasteiger charge is -2.17. The third kappa shape index (κ3) is 4.40. The summed E-state index contributed by atoms with van der Waals surface area (Å²) in [5.74, 6) is 1.97. The number of hydrogen-bond acceptors (Lipinski definition) is 6. The van der Waals surface area contributed by atoms with Gasteiger partial charge < -0.3 is 20.5 Å². The second-order valence-electron chi connectivity index (χ2n) is 6.03. The van der Waals surface area contributed by atoms with Crippen molar-refractivity contribution >= 4 is 11.8 Å². The third-order valence-electron chi connectivity index (χ3n) is 3.99. The molecule has 0 saturated carbocycles. The summed E-state index contributed by atoms with van der Waals surface area (Å²) in [6, 6.07) is 7.59. The van der Waals surface area contributed by atoms with Crippen LogP contribution < -0.4 is 15.4 Å². The van der Waals surface area contributed by atoms with Crippen LogP contribution in [-0.2, 0) is 0 Å². The summed E-state index contributed by atoms with van der Waals surface area (Å²) in [5.41, 5.74) is 2.79. The SMILES string of the molecule is COc1ccc(-c2cnc(NC3=CC[CH]C=C3)nc2N[C@H](C)CO)cc1. The largest absolute Gasteiger partial charge is 0.497 e. The molecule has 2 aromatic rings. The van der Waals surface area contributed by atoms with Crippen LogP contribution >= 0.6 is 0 Å². The molecular formula is C20H23N4O2. The zero-order chi connectivity index (χ0) is 18.4. The average Bonchev–Trinajstić information content (AvgIpc) is 2.69. The fourth-order valence-electron chi connectivity index (χ4n) is 2.55. The van der Waals surface area contributed by atoms with E-state index < -0.39 is 0 Å². The molecule has 26 heavy (non-hydrogen) atoms. The monoisotopic (exact) mass is 351 g/mol. The highest BCUT2D eigenvalue weighted by Gasteiger charge is 2.12. The molecule has 0 aliphatic heterocycles. The molecule has 6 heteroatoms. The summed E-state index contributed by atoms with van der Waals surface area (Å²) >= 11 is 0. The molecule has 6 nitrogen and oxygen atoms in total. The van der Waals surface area contributed by atoms with Crippen LogP contribution in [0.2, 0.25) is 0 Å². The molecule has 1 aromatic carbocycles. The molecule has 1 aliphatic rings. The number of rotatable bonds is 7. The van der Waals surface area contributed by atoms with Crippen molar-refractivity contribution in [2.45, 2.75) is 19.4 Å². The normalized spacial score (nSPS) is 14.5. The van der Waals surface area contributed by atoms with Gasteiger partial charge in [-0.15, -0.1) is 0 Å². The number of anilines is 2. The molecule has 1 radical (unpaired) electrons. The molecule has 0 amide bonds. The highest BCUT2D eigenvalue weighted by molar-refractivity contribution is 5.76. The predicted molar refractivity (Wildman–Crippen MR) is 104 cm³/mol. The van der Waals surface area contributed by atoms with E-state index in [1.165, 1.54) is 0 Å². The summed E-state index contributed by atoms with van der Waals surface area (Å²) in [6.45, 7) is 1.91. The Labute approximate surface area is 153 Å². The van der Waals surface area contributed by atoms with Crippen molar-refractivity contribution in [1.82, 2.24) is 9.97 Å². The molecule has 3 rings (SSSR count). The van der Waals surface area contributed by atoms with Gasteiger partial charge in [0.15, 0.2) is 0 Å². The number of aliphatic hydroxyl groups excluding tert-OH is 1. The Balaban J connectivity index is 1.91. The second-order valence-corrected chi connectivity index (χ2v) is 6.03. The Hall–Kier alpha value is -2.86. The van der Waals surface area contributed by atoms with Crippen molar-refractivity contribution in [3.63, 3.8) is 0 Å². The zero-order valence-electron chi connectivity index (χ0n) is 14.9. The third-order valence-corrected chi connectivity index (χ3v) is 3.99. The van der Waals surface area contributed by atoms with Crippen molar-refractivity contribution in [2.75, 3.05) is 24.4 Å². The quantitative estimate of drug-likeness (QED) is 0.709. The maximum Gasteiger partial charge on any atom is 0.229 e. The number of nitrogens with one attached hydrogen (secondary N) is 2. The molecule has 3 N–H and O–H groups in total. The number of aromatic nitrogens is 2. The Kier molecular flexibility index (Phi) is 5.86. The predicted octanol–water partition coefficient (Wildman–Crippen LogP) is 3.40. The smallest absolute Gasteiger partial charge is 0.229 e. The van der Waals surface area contributed by atoms with E-state index in [2.05, 4.69) is 33.1 Å². The lowest BCUT2D eigenvalue weighted by molar-refractivity contribution is 0.281. The molecule has 135 valence electrons. The summed E-state index contributed by atoms with van der Waals surface area (Å²) < 4.78 is 5.22. The average molecular weight is 351 g/mol. The van der Waals surface area contributed by atoms with E-state index in [0.29, 0.717) is 11.8 Å². The van der Waals surface area contributed by atoms with Crippen molar-refractivity contribution in [3.8, 4) is 16.9 Å².